The van der Waals surface area contributed by atoms with Gasteiger partial charge < -0.3 is 10.6 Å². The summed E-state index contributed by atoms with van der Waals surface area (Å²) in [6.07, 6.45) is 1.29. The van der Waals surface area contributed by atoms with Crippen molar-refractivity contribution in [1.82, 2.24) is 20.5 Å². The quantitative estimate of drug-likeness (QED) is 0.625. The lowest BCUT2D eigenvalue weighted by atomic mass is 10.1. The van der Waals surface area contributed by atoms with Crippen LogP contribution in [0.3, 0.4) is 0 Å². The summed E-state index contributed by atoms with van der Waals surface area (Å²) in [6, 6.07) is 14.0. The highest BCUT2D eigenvalue weighted by atomic mass is 16.2. The molecule has 0 radical (unpaired) electrons. The van der Waals surface area contributed by atoms with Crippen LogP contribution in [0.2, 0.25) is 0 Å². The van der Waals surface area contributed by atoms with E-state index in [-0.39, 0.29) is 6.03 Å². The molecule has 0 saturated carbocycles. The average Bonchev–Trinajstić information content (AvgIpc) is 3.07. The van der Waals surface area contributed by atoms with Crippen molar-refractivity contribution in [3.05, 3.63) is 76.4 Å². The van der Waals surface area contributed by atoms with Gasteiger partial charge in [-0.25, -0.2) is 9.78 Å². The molecule has 0 bridgehead atoms. The molecular formula is C21H25N5O. The molecule has 2 aromatic carbocycles. The van der Waals surface area contributed by atoms with Gasteiger partial charge in [-0.05, 0) is 49.6 Å². The number of hydrogen-bond donors (Lipinski definition) is 3. The van der Waals surface area contributed by atoms with Crippen LogP contribution in [0.25, 0.3) is 0 Å². The van der Waals surface area contributed by atoms with Gasteiger partial charge >= 0.3 is 6.03 Å². The first-order chi connectivity index (χ1) is 13.0. The van der Waals surface area contributed by atoms with Crippen molar-refractivity contribution in [2.24, 2.45) is 0 Å². The minimum absolute atomic E-state index is 0.228. The van der Waals surface area contributed by atoms with E-state index in [2.05, 4.69) is 57.0 Å². The van der Waals surface area contributed by atoms with Gasteiger partial charge in [0.2, 0.25) is 0 Å². The molecule has 0 spiro atoms. The first kappa shape index (κ1) is 18.6. The molecule has 1 heterocycles. The first-order valence-corrected chi connectivity index (χ1v) is 9.07. The second kappa shape index (κ2) is 8.49. The molecule has 0 fully saturated rings. The van der Waals surface area contributed by atoms with Crippen molar-refractivity contribution in [2.75, 3.05) is 11.9 Å². The molecular weight excluding hydrogens is 338 g/mol. The average molecular weight is 363 g/mol. The van der Waals surface area contributed by atoms with Gasteiger partial charge in [-0.15, -0.1) is 0 Å². The third-order valence-corrected chi connectivity index (χ3v) is 4.47. The number of nitrogens with one attached hydrogen (secondary N) is 3. The van der Waals surface area contributed by atoms with E-state index in [1.165, 1.54) is 16.7 Å². The van der Waals surface area contributed by atoms with Crippen LogP contribution in [0.1, 0.15) is 33.9 Å². The van der Waals surface area contributed by atoms with E-state index in [4.69, 9.17) is 0 Å². The number of benzene rings is 2. The highest BCUT2D eigenvalue weighted by Gasteiger charge is 2.06. The smallest absolute Gasteiger partial charge is 0.319 e. The summed E-state index contributed by atoms with van der Waals surface area (Å²) in [4.78, 5) is 16.5. The Morgan fingerprint density at radius 1 is 1.04 bits per heavy atom. The monoisotopic (exact) mass is 363 g/mol. The zero-order valence-electron chi connectivity index (χ0n) is 16.0. The van der Waals surface area contributed by atoms with E-state index in [1.807, 2.05) is 32.0 Å². The van der Waals surface area contributed by atoms with Crippen LogP contribution in [0, 0.1) is 20.8 Å². The zero-order chi connectivity index (χ0) is 19.2. The molecule has 3 N–H and O–H groups in total. The molecule has 6 heteroatoms. The number of anilines is 1. The molecule has 0 atom stereocenters. The number of aryl methyl sites for hydroxylation is 3. The fourth-order valence-corrected chi connectivity index (χ4v) is 2.71. The normalized spacial score (nSPS) is 10.6. The first-order valence-electron chi connectivity index (χ1n) is 9.07. The van der Waals surface area contributed by atoms with Crippen molar-refractivity contribution in [1.29, 1.82) is 0 Å². The number of urea groups is 1. The van der Waals surface area contributed by atoms with E-state index in [0.717, 1.165) is 17.1 Å². The lowest BCUT2D eigenvalue weighted by Crippen LogP contribution is -2.30. The van der Waals surface area contributed by atoms with Crippen LogP contribution in [-0.4, -0.2) is 27.8 Å². The largest absolute Gasteiger partial charge is 0.337 e. The van der Waals surface area contributed by atoms with Crippen LogP contribution in [0.15, 0.2) is 42.5 Å². The molecule has 6 nitrogen and oxygen atoms in total. The summed E-state index contributed by atoms with van der Waals surface area (Å²) < 4.78 is 0. The van der Waals surface area contributed by atoms with Crippen LogP contribution in [0.5, 0.6) is 0 Å². The fraction of sp³-hybridized carbons (Fsp3) is 0.286. The number of H-pyrrole nitrogens is 1. The predicted molar refractivity (Wildman–Crippen MR) is 107 cm³/mol. The van der Waals surface area contributed by atoms with Gasteiger partial charge in [0.1, 0.15) is 5.82 Å². The second-order valence-corrected chi connectivity index (χ2v) is 6.79. The Morgan fingerprint density at radius 2 is 1.81 bits per heavy atom. The van der Waals surface area contributed by atoms with Crippen LogP contribution in [0.4, 0.5) is 10.5 Å². The summed E-state index contributed by atoms with van der Waals surface area (Å²) in [5.74, 6) is 1.53. The van der Waals surface area contributed by atoms with Crippen molar-refractivity contribution < 1.29 is 4.79 Å². The Kier molecular flexibility index (Phi) is 5.86. The summed E-state index contributed by atoms with van der Waals surface area (Å²) in [6.45, 7) is 6.61. The standard InChI is InChI=1S/C21H25N5O/c1-14-4-7-17(8-5-14)13-20-24-19(25-26-20)10-11-22-21(27)23-18-9-6-15(2)16(3)12-18/h4-9,12H,10-11,13H2,1-3H3,(H2,22,23,27)(H,24,25,26). The molecule has 0 aliphatic carbocycles. The number of hydrogen-bond acceptors (Lipinski definition) is 3. The van der Waals surface area contributed by atoms with Crippen LogP contribution >= 0.6 is 0 Å². The number of amides is 2. The summed E-state index contributed by atoms with van der Waals surface area (Å²) in [7, 11) is 0. The van der Waals surface area contributed by atoms with E-state index in [1.54, 1.807) is 0 Å². The van der Waals surface area contributed by atoms with Crippen molar-refractivity contribution in [3.63, 3.8) is 0 Å². The maximum absolute atomic E-state index is 12.0. The SMILES string of the molecule is Cc1ccc(Cc2nc(CCNC(=O)Nc3ccc(C)c(C)c3)n[nH]2)cc1. The minimum atomic E-state index is -0.228. The van der Waals surface area contributed by atoms with E-state index < -0.39 is 0 Å². The van der Waals surface area contributed by atoms with Crippen LogP contribution < -0.4 is 10.6 Å². The topological polar surface area (TPSA) is 82.7 Å². The van der Waals surface area contributed by atoms with Gasteiger partial charge in [0.25, 0.3) is 0 Å². The Labute approximate surface area is 159 Å². The summed E-state index contributed by atoms with van der Waals surface area (Å²) in [5.41, 5.74) is 5.56. The fourth-order valence-electron chi connectivity index (χ4n) is 2.71. The molecule has 0 aliphatic rings. The molecule has 0 saturated heterocycles. The molecule has 2 amide bonds. The second-order valence-electron chi connectivity index (χ2n) is 6.79. The molecule has 27 heavy (non-hydrogen) atoms. The predicted octanol–water partition coefficient (Wildman–Crippen LogP) is 3.68. The van der Waals surface area contributed by atoms with Gasteiger partial charge in [0.05, 0.1) is 0 Å². The zero-order valence-corrected chi connectivity index (χ0v) is 16.0. The lowest BCUT2D eigenvalue weighted by molar-refractivity contribution is 0.252. The molecule has 3 rings (SSSR count). The Morgan fingerprint density at radius 3 is 2.56 bits per heavy atom. The van der Waals surface area contributed by atoms with Gasteiger partial charge in [-0.2, -0.15) is 5.10 Å². The summed E-state index contributed by atoms with van der Waals surface area (Å²) in [5, 5.41) is 12.9. The number of aromatic amines is 1. The van der Waals surface area contributed by atoms with Gasteiger partial charge in [0, 0.05) is 25.1 Å². The number of carbonyl (C=O) groups is 1. The van der Waals surface area contributed by atoms with Gasteiger partial charge in [-0.1, -0.05) is 35.9 Å². The van der Waals surface area contributed by atoms with E-state index in [0.29, 0.717) is 25.2 Å². The van der Waals surface area contributed by atoms with Crippen LogP contribution in [-0.2, 0) is 12.8 Å². The number of aromatic nitrogens is 3. The molecule has 0 unspecified atom stereocenters. The molecule has 3 aromatic rings. The van der Waals surface area contributed by atoms with Gasteiger partial charge in [-0.3, -0.25) is 5.10 Å². The van der Waals surface area contributed by atoms with Crippen molar-refractivity contribution in [2.45, 2.75) is 33.6 Å². The molecule has 140 valence electrons. The van der Waals surface area contributed by atoms with Gasteiger partial charge in [0.15, 0.2) is 5.82 Å². The van der Waals surface area contributed by atoms with E-state index >= 15 is 0 Å². The maximum Gasteiger partial charge on any atom is 0.319 e. The highest BCUT2D eigenvalue weighted by Crippen LogP contribution is 2.13. The number of carbonyl (C=O) groups excluding carboxylic acids is 1. The minimum Gasteiger partial charge on any atom is -0.337 e. The van der Waals surface area contributed by atoms with E-state index in [9.17, 15) is 4.79 Å². The number of nitrogens with zero attached hydrogens (tertiary/aromatic N) is 2. The van der Waals surface area contributed by atoms with Crippen molar-refractivity contribution in [3.8, 4) is 0 Å². The lowest BCUT2D eigenvalue weighted by Gasteiger charge is -2.08. The number of rotatable bonds is 6. The molecule has 0 aliphatic heterocycles. The highest BCUT2D eigenvalue weighted by molar-refractivity contribution is 5.89. The third kappa shape index (κ3) is 5.41. The maximum atomic E-state index is 12.0. The third-order valence-electron chi connectivity index (χ3n) is 4.47. The molecule has 1 aromatic heterocycles. The Bertz CT molecular complexity index is 915. The Hall–Kier alpha value is -3.15. The van der Waals surface area contributed by atoms with Crippen molar-refractivity contribution >= 4 is 11.7 Å². The Balaban J connectivity index is 1.45. The summed E-state index contributed by atoms with van der Waals surface area (Å²) >= 11 is 0.